The molecule has 0 saturated carbocycles. The molecule has 1 aromatic rings. The average molecular weight is 248 g/mol. The quantitative estimate of drug-likeness (QED) is 0.581. The van der Waals surface area contributed by atoms with E-state index < -0.39 is 0 Å². The smallest absolute Gasteiger partial charge is 0.119 e. The van der Waals surface area contributed by atoms with E-state index in [1.165, 1.54) is 37.7 Å². The summed E-state index contributed by atoms with van der Waals surface area (Å²) in [4.78, 5) is 0. The van der Waals surface area contributed by atoms with Gasteiger partial charge < -0.3 is 4.74 Å². The van der Waals surface area contributed by atoms with Crippen molar-refractivity contribution in [3.63, 3.8) is 0 Å². The van der Waals surface area contributed by atoms with E-state index in [1.54, 1.807) is 0 Å². The molecule has 0 bridgehead atoms. The summed E-state index contributed by atoms with van der Waals surface area (Å²) in [6.45, 7) is 7.52. The summed E-state index contributed by atoms with van der Waals surface area (Å²) in [7, 11) is 0. The Bertz CT molecular complexity index is 302. The molecule has 0 radical (unpaired) electrons. The molecule has 18 heavy (non-hydrogen) atoms. The monoisotopic (exact) mass is 248 g/mol. The molecule has 1 atom stereocenters. The minimum Gasteiger partial charge on any atom is -0.494 e. The number of rotatable bonds is 9. The topological polar surface area (TPSA) is 9.23 Å². The van der Waals surface area contributed by atoms with Gasteiger partial charge in [0.25, 0.3) is 0 Å². The Balaban J connectivity index is 2.45. The van der Waals surface area contributed by atoms with Gasteiger partial charge in [-0.05, 0) is 36.5 Å². The summed E-state index contributed by atoms with van der Waals surface area (Å²) in [6, 6.07) is 8.66. The summed E-state index contributed by atoms with van der Waals surface area (Å²) in [5.41, 5.74) is 1.45. The highest BCUT2D eigenvalue weighted by atomic mass is 16.5. The van der Waals surface area contributed by atoms with Gasteiger partial charge in [0.15, 0.2) is 0 Å². The van der Waals surface area contributed by atoms with Crippen molar-refractivity contribution in [2.75, 3.05) is 6.61 Å². The van der Waals surface area contributed by atoms with Gasteiger partial charge in [-0.15, -0.1) is 0 Å². The average Bonchev–Trinajstić information content (AvgIpc) is 2.42. The minimum atomic E-state index is 0.813. The second-order valence-electron chi connectivity index (χ2n) is 5.11. The summed E-state index contributed by atoms with van der Waals surface area (Å²) >= 11 is 0. The lowest BCUT2D eigenvalue weighted by Crippen LogP contribution is -2.03. The molecule has 102 valence electrons. The first-order chi connectivity index (χ1) is 8.80. The number of hydrogen-bond acceptors (Lipinski definition) is 1. The van der Waals surface area contributed by atoms with Gasteiger partial charge in [-0.2, -0.15) is 0 Å². The number of benzene rings is 1. The van der Waals surface area contributed by atoms with Crippen molar-refractivity contribution in [1.82, 2.24) is 0 Å². The van der Waals surface area contributed by atoms with Crippen LogP contribution in [0.5, 0.6) is 5.75 Å². The zero-order valence-corrected chi connectivity index (χ0v) is 12.2. The highest BCUT2D eigenvalue weighted by Crippen LogP contribution is 2.20. The molecule has 0 N–H and O–H groups in total. The standard InChI is InChI=1S/C17H28O/c1-4-7-8-15(6-3)14-16-9-11-17(12-10-16)18-13-5-2/h9-12,15H,4-8,13-14H2,1-3H3. The first-order valence-corrected chi connectivity index (χ1v) is 7.51. The Morgan fingerprint density at radius 3 is 2.28 bits per heavy atom. The van der Waals surface area contributed by atoms with E-state index in [4.69, 9.17) is 4.74 Å². The van der Waals surface area contributed by atoms with Crippen LogP contribution in [0.4, 0.5) is 0 Å². The highest BCUT2D eigenvalue weighted by Gasteiger charge is 2.07. The van der Waals surface area contributed by atoms with E-state index in [-0.39, 0.29) is 0 Å². The zero-order chi connectivity index (χ0) is 13.2. The SMILES string of the molecule is CCCCC(CC)Cc1ccc(OCCC)cc1. The molecule has 0 aliphatic heterocycles. The van der Waals surface area contributed by atoms with Crippen LogP contribution in [-0.4, -0.2) is 6.61 Å². The van der Waals surface area contributed by atoms with Crippen molar-refractivity contribution in [3.05, 3.63) is 29.8 Å². The normalized spacial score (nSPS) is 12.4. The van der Waals surface area contributed by atoms with Crippen LogP contribution in [-0.2, 0) is 6.42 Å². The summed E-state index contributed by atoms with van der Waals surface area (Å²) in [5, 5.41) is 0. The van der Waals surface area contributed by atoms with Crippen LogP contribution < -0.4 is 4.74 Å². The number of ether oxygens (including phenoxy) is 1. The minimum absolute atomic E-state index is 0.813. The Morgan fingerprint density at radius 1 is 1.00 bits per heavy atom. The Kier molecular flexibility index (Phi) is 7.55. The van der Waals surface area contributed by atoms with Crippen molar-refractivity contribution in [2.45, 2.75) is 59.3 Å². The fourth-order valence-electron chi connectivity index (χ4n) is 2.22. The molecule has 0 spiro atoms. The molecule has 0 aliphatic rings. The van der Waals surface area contributed by atoms with Crippen molar-refractivity contribution in [3.8, 4) is 5.75 Å². The van der Waals surface area contributed by atoms with Crippen LogP contribution in [0.1, 0.15) is 58.4 Å². The van der Waals surface area contributed by atoms with Gasteiger partial charge in [-0.25, -0.2) is 0 Å². The third kappa shape index (κ3) is 5.57. The molecule has 1 nitrogen and oxygen atoms in total. The molecular weight excluding hydrogens is 220 g/mol. The van der Waals surface area contributed by atoms with Gasteiger partial charge in [0, 0.05) is 0 Å². The molecule has 0 fully saturated rings. The maximum absolute atomic E-state index is 5.61. The first-order valence-electron chi connectivity index (χ1n) is 7.51. The second kappa shape index (κ2) is 9.02. The maximum atomic E-state index is 5.61. The first kappa shape index (κ1) is 15.1. The van der Waals surface area contributed by atoms with Crippen LogP contribution in [0.2, 0.25) is 0 Å². The van der Waals surface area contributed by atoms with Crippen molar-refractivity contribution in [1.29, 1.82) is 0 Å². The molecule has 1 aromatic carbocycles. The van der Waals surface area contributed by atoms with Gasteiger partial charge in [-0.3, -0.25) is 0 Å². The lowest BCUT2D eigenvalue weighted by Gasteiger charge is -2.14. The third-order valence-corrected chi connectivity index (χ3v) is 3.46. The van der Waals surface area contributed by atoms with Crippen LogP contribution in [0.15, 0.2) is 24.3 Å². The van der Waals surface area contributed by atoms with E-state index in [2.05, 4.69) is 45.0 Å². The Hall–Kier alpha value is -0.980. The Morgan fingerprint density at radius 2 is 1.72 bits per heavy atom. The predicted octanol–water partition coefficient (Wildman–Crippen LogP) is 5.23. The van der Waals surface area contributed by atoms with Gasteiger partial charge >= 0.3 is 0 Å². The van der Waals surface area contributed by atoms with E-state index in [0.29, 0.717) is 0 Å². The van der Waals surface area contributed by atoms with Crippen LogP contribution >= 0.6 is 0 Å². The fourth-order valence-corrected chi connectivity index (χ4v) is 2.22. The van der Waals surface area contributed by atoms with Crippen molar-refractivity contribution in [2.24, 2.45) is 5.92 Å². The lowest BCUT2D eigenvalue weighted by molar-refractivity contribution is 0.317. The summed E-state index contributed by atoms with van der Waals surface area (Å²) in [6.07, 6.45) is 7.59. The number of unbranched alkanes of at least 4 members (excludes halogenated alkanes) is 1. The van der Waals surface area contributed by atoms with Gasteiger partial charge in [-0.1, -0.05) is 58.6 Å². The summed E-state index contributed by atoms with van der Waals surface area (Å²) in [5.74, 6) is 1.84. The highest BCUT2D eigenvalue weighted by molar-refractivity contribution is 5.27. The molecule has 0 saturated heterocycles. The third-order valence-electron chi connectivity index (χ3n) is 3.46. The molecule has 0 aromatic heterocycles. The van der Waals surface area contributed by atoms with E-state index in [1.807, 2.05) is 0 Å². The van der Waals surface area contributed by atoms with E-state index in [0.717, 1.165) is 24.7 Å². The van der Waals surface area contributed by atoms with Crippen molar-refractivity contribution >= 4 is 0 Å². The molecule has 0 heterocycles. The largest absolute Gasteiger partial charge is 0.494 e. The molecule has 1 heteroatoms. The van der Waals surface area contributed by atoms with E-state index >= 15 is 0 Å². The molecule has 1 rings (SSSR count). The van der Waals surface area contributed by atoms with E-state index in [9.17, 15) is 0 Å². The molecular formula is C17H28O. The molecule has 1 unspecified atom stereocenters. The van der Waals surface area contributed by atoms with Gasteiger partial charge in [0.2, 0.25) is 0 Å². The maximum Gasteiger partial charge on any atom is 0.119 e. The lowest BCUT2D eigenvalue weighted by atomic mass is 9.92. The fraction of sp³-hybridized carbons (Fsp3) is 0.647. The molecule has 0 aliphatic carbocycles. The van der Waals surface area contributed by atoms with Crippen LogP contribution in [0, 0.1) is 5.92 Å². The van der Waals surface area contributed by atoms with Gasteiger partial charge in [0.1, 0.15) is 5.75 Å². The Labute approximate surface area is 113 Å². The van der Waals surface area contributed by atoms with Crippen molar-refractivity contribution < 1.29 is 4.74 Å². The zero-order valence-electron chi connectivity index (χ0n) is 12.2. The number of hydrogen-bond donors (Lipinski definition) is 0. The van der Waals surface area contributed by atoms with Crippen LogP contribution in [0.25, 0.3) is 0 Å². The van der Waals surface area contributed by atoms with Gasteiger partial charge in [0.05, 0.1) is 6.61 Å². The predicted molar refractivity (Wildman–Crippen MR) is 79.2 cm³/mol. The second-order valence-corrected chi connectivity index (χ2v) is 5.11. The van der Waals surface area contributed by atoms with Crippen LogP contribution in [0.3, 0.4) is 0 Å². The summed E-state index contributed by atoms with van der Waals surface area (Å²) < 4.78 is 5.61. The molecule has 0 amide bonds.